The summed E-state index contributed by atoms with van der Waals surface area (Å²) in [6.07, 6.45) is 11.8. The van der Waals surface area contributed by atoms with E-state index in [4.69, 9.17) is 10.7 Å². The molecule has 2 N–H and O–H groups in total. The molecule has 0 spiro atoms. The van der Waals surface area contributed by atoms with E-state index in [1.165, 1.54) is 69.1 Å². The summed E-state index contributed by atoms with van der Waals surface area (Å²) in [6, 6.07) is 6.22. The molecular weight excluding hydrogens is 270 g/mol. The average molecular weight is 299 g/mol. The van der Waals surface area contributed by atoms with Gasteiger partial charge < -0.3 is 10.3 Å². The molecule has 3 rings (SSSR count). The Hall–Kier alpha value is -1.51. The van der Waals surface area contributed by atoms with Crippen LogP contribution in [0.4, 0.5) is 5.69 Å². The highest BCUT2D eigenvalue weighted by Crippen LogP contribution is 2.35. The lowest BCUT2D eigenvalue weighted by Gasteiger charge is -2.22. The van der Waals surface area contributed by atoms with Gasteiger partial charge in [0.1, 0.15) is 11.3 Å². The van der Waals surface area contributed by atoms with Crippen molar-refractivity contribution < 1.29 is 0 Å². The number of benzene rings is 1. The first-order valence-corrected chi connectivity index (χ1v) is 9.06. The largest absolute Gasteiger partial charge is 0.397 e. The average Bonchev–Trinajstić information content (AvgIpc) is 2.93. The normalized spacial score (nSPS) is 16.4. The van der Waals surface area contributed by atoms with Crippen molar-refractivity contribution in [1.29, 1.82) is 0 Å². The van der Waals surface area contributed by atoms with Crippen LogP contribution in [0.3, 0.4) is 0 Å². The molecule has 0 amide bonds. The lowest BCUT2D eigenvalue weighted by atomic mass is 9.88. The van der Waals surface area contributed by atoms with Crippen LogP contribution in [0.15, 0.2) is 18.2 Å². The van der Waals surface area contributed by atoms with E-state index in [9.17, 15) is 0 Å². The highest BCUT2D eigenvalue weighted by atomic mass is 15.1. The summed E-state index contributed by atoms with van der Waals surface area (Å²) in [5.41, 5.74) is 9.24. The van der Waals surface area contributed by atoms with Crippen LogP contribution in [-0.4, -0.2) is 9.55 Å². The van der Waals surface area contributed by atoms with Gasteiger partial charge in [0.25, 0.3) is 0 Å². The number of nitrogen functional groups attached to an aromatic ring is 1. The Morgan fingerprint density at radius 1 is 1.14 bits per heavy atom. The maximum absolute atomic E-state index is 6.17. The van der Waals surface area contributed by atoms with Crippen LogP contribution in [0.2, 0.25) is 0 Å². The lowest BCUT2D eigenvalue weighted by molar-refractivity contribution is 0.414. The van der Waals surface area contributed by atoms with E-state index in [2.05, 4.69) is 23.6 Å². The topological polar surface area (TPSA) is 43.8 Å². The van der Waals surface area contributed by atoms with Crippen molar-refractivity contribution in [2.75, 3.05) is 5.73 Å². The third-order valence-corrected chi connectivity index (χ3v) is 5.05. The van der Waals surface area contributed by atoms with Crippen molar-refractivity contribution in [1.82, 2.24) is 9.55 Å². The van der Waals surface area contributed by atoms with Gasteiger partial charge in [0.05, 0.1) is 11.2 Å². The number of anilines is 1. The van der Waals surface area contributed by atoms with Gasteiger partial charge in [-0.3, -0.25) is 0 Å². The third kappa shape index (κ3) is 3.13. The summed E-state index contributed by atoms with van der Waals surface area (Å²) < 4.78 is 2.47. The van der Waals surface area contributed by atoms with Crippen molar-refractivity contribution in [3.63, 3.8) is 0 Å². The van der Waals surface area contributed by atoms with Crippen molar-refractivity contribution in [2.24, 2.45) is 0 Å². The second-order valence-electron chi connectivity index (χ2n) is 6.73. The summed E-state index contributed by atoms with van der Waals surface area (Å²) in [7, 11) is 0. The molecule has 1 aromatic carbocycles. The highest BCUT2D eigenvalue weighted by Gasteiger charge is 2.22. The van der Waals surface area contributed by atoms with Gasteiger partial charge in [0.15, 0.2) is 0 Å². The second-order valence-corrected chi connectivity index (χ2v) is 6.73. The number of hydrogen-bond donors (Lipinski definition) is 1. The number of unbranched alkanes of at least 4 members (excludes halogenated alkanes) is 3. The smallest absolute Gasteiger partial charge is 0.113 e. The molecule has 0 radical (unpaired) electrons. The number of hydrogen-bond acceptors (Lipinski definition) is 2. The van der Waals surface area contributed by atoms with Gasteiger partial charge in [-0.2, -0.15) is 0 Å². The summed E-state index contributed by atoms with van der Waals surface area (Å²) in [5.74, 6) is 1.93. The molecule has 1 aliphatic rings. The molecule has 1 fully saturated rings. The first-order chi connectivity index (χ1) is 10.8. The summed E-state index contributed by atoms with van der Waals surface area (Å²) in [6.45, 7) is 3.35. The van der Waals surface area contributed by atoms with Gasteiger partial charge >= 0.3 is 0 Å². The van der Waals surface area contributed by atoms with E-state index in [1.54, 1.807) is 0 Å². The van der Waals surface area contributed by atoms with Gasteiger partial charge in [-0.05, 0) is 31.4 Å². The van der Waals surface area contributed by atoms with Crippen LogP contribution >= 0.6 is 0 Å². The van der Waals surface area contributed by atoms with Crippen LogP contribution < -0.4 is 5.73 Å². The lowest BCUT2D eigenvalue weighted by Crippen LogP contribution is -2.12. The molecular formula is C19H29N3. The van der Waals surface area contributed by atoms with Crippen LogP contribution in [0.5, 0.6) is 0 Å². The van der Waals surface area contributed by atoms with Gasteiger partial charge in [-0.1, -0.05) is 51.5 Å². The molecule has 0 atom stereocenters. The van der Waals surface area contributed by atoms with E-state index in [1.807, 2.05) is 6.07 Å². The van der Waals surface area contributed by atoms with Crippen LogP contribution in [-0.2, 0) is 6.54 Å². The highest BCUT2D eigenvalue weighted by molar-refractivity contribution is 5.87. The van der Waals surface area contributed by atoms with Gasteiger partial charge in [0, 0.05) is 12.5 Å². The SMILES string of the molecule is CCCCCCn1c(C2CCCCC2)nc2c(N)cccc21. The number of aryl methyl sites for hydroxylation is 1. The Morgan fingerprint density at radius 2 is 1.95 bits per heavy atom. The minimum absolute atomic E-state index is 0.631. The molecule has 1 aliphatic carbocycles. The maximum atomic E-state index is 6.17. The van der Waals surface area contributed by atoms with Crippen molar-refractivity contribution in [3.8, 4) is 0 Å². The molecule has 3 nitrogen and oxygen atoms in total. The predicted octanol–water partition coefficient (Wildman–Crippen LogP) is 5.25. The van der Waals surface area contributed by atoms with E-state index >= 15 is 0 Å². The fourth-order valence-corrected chi connectivity index (χ4v) is 3.79. The Bertz CT molecular complexity index is 608. The number of rotatable bonds is 6. The molecule has 0 bridgehead atoms. The first-order valence-electron chi connectivity index (χ1n) is 9.06. The number of nitrogens with zero attached hydrogens (tertiary/aromatic N) is 2. The van der Waals surface area contributed by atoms with E-state index in [-0.39, 0.29) is 0 Å². The quantitative estimate of drug-likeness (QED) is 0.585. The Kier molecular flexibility index (Phi) is 5.01. The molecule has 1 aromatic heterocycles. The maximum Gasteiger partial charge on any atom is 0.113 e. The number of para-hydroxylation sites is 1. The molecule has 1 heterocycles. The molecule has 0 unspecified atom stereocenters. The van der Waals surface area contributed by atoms with Crippen LogP contribution in [0.1, 0.15) is 76.5 Å². The first kappa shape index (κ1) is 15.4. The number of fused-ring (bicyclic) bond motifs is 1. The molecule has 22 heavy (non-hydrogen) atoms. The summed E-state index contributed by atoms with van der Waals surface area (Å²) >= 11 is 0. The van der Waals surface area contributed by atoms with Gasteiger partial charge in [0.2, 0.25) is 0 Å². The molecule has 1 saturated carbocycles. The van der Waals surface area contributed by atoms with Crippen LogP contribution in [0.25, 0.3) is 11.0 Å². The minimum Gasteiger partial charge on any atom is -0.397 e. The predicted molar refractivity (Wildman–Crippen MR) is 94.1 cm³/mol. The van der Waals surface area contributed by atoms with Crippen molar-refractivity contribution in [3.05, 3.63) is 24.0 Å². The minimum atomic E-state index is 0.631. The Morgan fingerprint density at radius 3 is 2.73 bits per heavy atom. The summed E-state index contributed by atoms with van der Waals surface area (Å²) in [4.78, 5) is 4.97. The second kappa shape index (κ2) is 7.17. The molecule has 0 saturated heterocycles. The van der Waals surface area contributed by atoms with E-state index in [0.29, 0.717) is 5.92 Å². The number of nitrogens with two attached hydrogens (primary N) is 1. The fraction of sp³-hybridized carbons (Fsp3) is 0.632. The molecule has 3 heteroatoms. The zero-order valence-electron chi connectivity index (χ0n) is 13.9. The van der Waals surface area contributed by atoms with E-state index in [0.717, 1.165) is 17.7 Å². The monoisotopic (exact) mass is 299 g/mol. The van der Waals surface area contributed by atoms with Crippen LogP contribution in [0, 0.1) is 0 Å². The molecule has 2 aromatic rings. The summed E-state index contributed by atoms with van der Waals surface area (Å²) in [5, 5.41) is 0. The fourth-order valence-electron chi connectivity index (χ4n) is 3.79. The van der Waals surface area contributed by atoms with Crippen molar-refractivity contribution in [2.45, 2.75) is 77.2 Å². The number of imidazole rings is 1. The van der Waals surface area contributed by atoms with Gasteiger partial charge in [-0.25, -0.2) is 4.98 Å². The molecule has 0 aliphatic heterocycles. The third-order valence-electron chi connectivity index (χ3n) is 5.05. The van der Waals surface area contributed by atoms with Crippen molar-refractivity contribution >= 4 is 16.7 Å². The van der Waals surface area contributed by atoms with E-state index < -0.39 is 0 Å². The standard InChI is InChI=1S/C19H29N3/c1-2-3-4-8-14-22-17-13-9-12-16(20)18(17)21-19(22)15-10-6-5-7-11-15/h9,12-13,15H,2-8,10-11,14,20H2,1H3. The zero-order chi connectivity index (χ0) is 15.4. The Labute approximate surface area is 133 Å². The molecule has 120 valence electrons. The number of aromatic nitrogens is 2. The zero-order valence-corrected chi connectivity index (χ0v) is 13.9. The Balaban J connectivity index is 1.91. The van der Waals surface area contributed by atoms with Gasteiger partial charge in [-0.15, -0.1) is 0 Å².